The number of benzene rings is 2. The molecular formula is C24H30N2O2. The minimum Gasteiger partial charge on any atom is -0.391 e. The van der Waals surface area contributed by atoms with E-state index in [0.29, 0.717) is 0 Å². The van der Waals surface area contributed by atoms with Crippen molar-refractivity contribution in [2.45, 2.75) is 31.9 Å². The topological polar surface area (TPSA) is 43.8 Å². The minimum absolute atomic E-state index is 0.00102. The van der Waals surface area contributed by atoms with E-state index in [9.17, 15) is 9.90 Å². The first-order valence-corrected chi connectivity index (χ1v) is 10.4. The van der Waals surface area contributed by atoms with Gasteiger partial charge in [0.25, 0.3) is 0 Å². The maximum atomic E-state index is 12.6. The molecular weight excluding hydrogens is 348 g/mol. The lowest BCUT2D eigenvalue weighted by atomic mass is 9.85. The summed E-state index contributed by atoms with van der Waals surface area (Å²) < 4.78 is 0. The van der Waals surface area contributed by atoms with Gasteiger partial charge in [-0.15, -0.1) is 0 Å². The molecule has 4 rings (SSSR count). The van der Waals surface area contributed by atoms with Crippen molar-refractivity contribution in [1.29, 1.82) is 0 Å². The Hall–Kier alpha value is -2.01. The first-order chi connectivity index (χ1) is 13.6. The van der Waals surface area contributed by atoms with Gasteiger partial charge in [-0.3, -0.25) is 9.69 Å². The highest BCUT2D eigenvalue weighted by Gasteiger charge is 2.33. The van der Waals surface area contributed by atoms with E-state index in [2.05, 4.69) is 34.1 Å². The number of fused-ring (bicyclic) bond motifs is 1. The monoisotopic (exact) mass is 378 g/mol. The zero-order valence-corrected chi connectivity index (χ0v) is 16.6. The molecule has 0 spiro atoms. The number of hydrogen-bond donors (Lipinski definition) is 1. The number of rotatable bonds is 5. The maximum absolute atomic E-state index is 12.6. The third-order valence-corrected chi connectivity index (χ3v) is 6.33. The molecule has 1 N–H and O–H groups in total. The van der Waals surface area contributed by atoms with Gasteiger partial charge in [0.15, 0.2) is 5.78 Å². The average Bonchev–Trinajstić information content (AvgIpc) is 2.74. The number of nitrogens with zero attached hydrogens (tertiary/aromatic N) is 2. The fourth-order valence-electron chi connectivity index (χ4n) is 4.69. The van der Waals surface area contributed by atoms with Gasteiger partial charge in [-0.2, -0.15) is 0 Å². The van der Waals surface area contributed by atoms with E-state index in [1.54, 1.807) is 0 Å². The Labute approximate surface area is 167 Å². The van der Waals surface area contributed by atoms with Gasteiger partial charge >= 0.3 is 0 Å². The smallest absolute Gasteiger partial charge is 0.166 e. The van der Waals surface area contributed by atoms with Gasteiger partial charge in [0.05, 0.1) is 6.10 Å². The molecule has 0 aromatic heterocycles. The Morgan fingerprint density at radius 2 is 1.57 bits per heavy atom. The highest BCUT2D eigenvalue weighted by atomic mass is 16.3. The Morgan fingerprint density at radius 3 is 2.25 bits per heavy atom. The molecule has 3 atom stereocenters. The van der Waals surface area contributed by atoms with Crippen LogP contribution in [0.1, 0.15) is 28.4 Å². The normalized spacial score (nSPS) is 24.5. The van der Waals surface area contributed by atoms with Gasteiger partial charge in [0.1, 0.15) is 0 Å². The summed E-state index contributed by atoms with van der Waals surface area (Å²) in [7, 11) is 0. The standard InChI is InChI=1S/C24H30N2O2/c1-18(24(28)19-7-3-2-4-8-19)17-25-11-13-26(14-12-25)22-15-20-9-5-6-10-21(20)16-23(22)27/h2-10,18,22-23,27H,11-17H2,1H3/t18-,22-,23-/m1/s1. The highest BCUT2D eigenvalue weighted by molar-refractivity contribution is 5.97. The second kappa shape index (κ2) is 8.56. The zero-order chi connectivity index (χ0) is 19.5. The van der Waals surface area contributed by atoms with Crippen LogP contribution in [0.25, 0.3) is 0 Å². The summed E-state index contributed by atoms with van der Waals surface area (Å²) in [5, 5.41) is 10.7. The summed E-state index contributed by atoms with van der Waals surface area (Å²) in [6, 6.07) is 18.3. The van der Waals surface area contributed by atoms with E-state index in [1.165, 1.54) is 11.1 Å². The van der Waals surface area contributed by atoms with Gasteiger partial charge in [-0.25, -0.2) is 0 Å². The molecule has 4 heteroatoms. The molecule has 1 aliphatic heterocycles. The Morgan fingerprint density at radius 1 is 0.964 bits per heavy atom. The summed E-state index contributed by atoms with van der Waals surface area (Å²) in [6.45, 7) is 6.65. The molecule has 0 amide bonds. The van der Waals surface area contributed by atoms with Gasteiger partial charge < -0.3 is 10.0 Å². The second-order valence-corrected chi connectivity index (χ2v) is 8.28. The maximum Gasteiger partial charge on any atom is 0.166 e. The van der Waals surface area contributed by atoms with Crippen LogP contribution in [0, 0.1) is 5.92 Å². The first kappa shape index (κ1) is 19.3. The van der Waals surface area contributed by atoms with Gasteiger partial charge in [-0.05, 0) is 17.5 Å². The number of ketones is 1. The van der Waals surface area contributed by atoms with Crippen LogP contribution >= 0.6 is 0 Å². The summed E-state index contributed by atoms with van der Waals surface area (Å²) in [4.78, 5) is 17.5. The van der Waals surface area contributed by atoms with Crippen molar-refractivity contribution in [2.75, 3.05) is 32.7 Å². The third kappa shape index (κ3) is 4.19. The minimum atomic E-state index is -0.292. The van der Waals surface area contributed by atoms with Crippen LogP contribution in [0.4, 0.5) is 0 Å². The van der Waals surface area contributed by atoms with Crippen LogP contribution in [0.3, 0.4) is 0 Å². The quantitative estimate of drug-likeness (QED) is 0.813. The Balaban J connectivity index is 1.31. The van der Waals surface area contributed by atoms with E-state index in [-0.39, 0.29) is 23.8 Å². The fourth-order valence-corrected chi connectivity index (χ4v) is 4.69. The van der Waals surface area contributed by atoms with E-state index in [1.807, 2.05) is 37.3 Å². The molecule has 2 aliphatic rings. The number of Topliss-reactive ketones (excluding diaryl/α,β-unsaturated/α-hetero) is 1. The van der Waals surface area contributed by atoms with Crippen molar-refractivity contribution in [1.82, 2.24) is 9.80 Å². The molecule has 148 valence electrons. The van der Waals surface area contributed by atoms with E-state index >= 15 is 0 Å². The number of carbonyl (C=O) groups is 1. The summed E-state index contributed by atoms with van der Waals surface area (Å²) in [5.41, 5.74) is 3.47. The van der Waals surface area contributed by atoms with Crippen LogP contribution in [0.15, 0.2) is 54.6 Å². The van der Waals surface area contributed by atoms with Gasteiger partial charge in [0.2, 0.25) is 0 Å². The molecule has 4 nitrogen and oxygen atoms in total. The van der Waals surface area contributed by atoms with Crippen molar-refractivity contribution in [2.24, 2.45) is 5.92 Å². The van der Waals surface area contributed by atoms with Gasteiger partial charge in [0, 0.05) is 56.7 Å². The lowest BCUT2D eigenvalue weighted by Gasteiger charge is -2.43. The number of piperazine rings is 1. The Kier molecular flexibility index (Phi) is 5.90. The molecule has 1 fully saturated rings. The highest BCUT2D eigenvalue weighted by Crippen LogP contribution is 2.26. The number of aliphatic hydroxyl groups is 1. The zero-order valence-electron chi connectivity index (χ0n) is 16.6. The van der Waals surface area contributed by atoms with Crippen LogP contribution in [0.5, 0.6) is 0 Å². The molecule has 1 aliphatic carbocycles. The molecule has 1 saturated heterocycles. The lowest BCUT2D eigenvalue weighted by Crippen LogP contribution is -2.56. The predicted molar refractivity (Wildman–Crippen MR) is 112 cm³/mol. The van der Waals surface area contributed by atoms with Crippen molar-refractivity contribution in [3.8, 4) is 0 Å². The number of aliphatic hydroxyl groups excluding tert-OH is 1. The predicted octanol–water partition coefficient (Wildman–Crippen LogP) is 2.65. The van der Waals surface area contributed by atoms with Crippen LogP contribution in [-0.2, 0) is 12.8 Å². The van der Waals surface area contributed by atoms with Gasteiger partial charge in [-0.1, -0.05) is 61.5 Å². The number of hydrogen-bond acceptors (Lipinski definition) is 4. The van der Waals surface area contributed by atoms with Crippen LogP contribution in [0.2, 0.25) is 0 Å². The lowest BCUT2D eigenvalue weighted by molar-refractivity contribution is 0.0121. The van der Waals surface area contributed by atoms with E-state index < -0.39 is 0 Å². The molecule has 28 heavy (non-hydrogen) atoms. The molecule has 0 unspecified atom stereocenters. The van der Waals surface area contributed by atoms with E-state index in [0.717, 1.165) is 51.1 Å². The van der Waals surface area contributed by atoms with Crippen LogP contribution < -0.4 is 0 Å². The van der Waals surface area contributed by atoms with Crippen LogP contribution in [-0.4, -0.2) is 65.6 Å². The van der Waals surface area contributed by atoms with Crippen molar-refractivity contribution in [3.05, 3.63) is 71.3 Å². The molecule has 1 heterocycles. The molecule has 0 bridgehead atoms. The largest absolute Gasteiger partial charge is 0.391 e. The van der Waals surface area contributed by atoms with Crippen molar-refractivity contribution in [3.63, 3.8) is 0 Å². The van der Waals surface area contributed by atoms with Crippen molar-refractivity contribution < 1.29 is 9.90 Å². The van der Waals surface area contributed by atoms with Crippen molar-refractivity contribution >= 4 is 5.78 Å². The average molecular weight is 379 g/mol. The summed E-state index contributed by atoms with van der Waals surface area (Å²) in [6.07, 6.45) is 1.39. The summed E-state index contributed by atoms with van der Waals surface area (Å²) in [5.74, 6) is 0.225. The molecule has 2 aromatic carbocycles. The first-order valence-electron chi connectivity index (χ1n) is 10.4. The molecule has 0 radical (unpaired) electrons. The second-order valence-electron chi connectivity index (χ2n) is 8.28. The molecule has 2 aromatic rings. The fraction of sp³-hybridized carbons (Fsp3) is 0.458. The third-order valence-electron chi connectivity index (χ3n) is 6.33. The molecule has 0 saturated carbocycles. The summed E-state index contributed by atoms with van der Waals surface area (Å²) >= 11 is 0. The SMILES string of the molecule is C[C@H](CN1CCN([C@@H]2Cc3ccccc3C[C@H]2O)CC1)C(=O)c1ccccc1. The number of carbonyl (C=O) groups excluding carboxylic acids is 1. The Bertz CT molecular complexity index is 799. The van der Waals surface area contributed by atoms with E-state index in [4.69, 9.17) is 0 Å².